The molecule has 0 atom stereocenters. The molecular formula is C9H19NaOS2. The van der Waals surface area contributed by atoms with E-state index in [0.717, 1.165) is 23.2 Å². The van der Waals surface area contributed by atoms with Crippen molar-refractivity contribution in [1.29, 1.82) is 0 Å². The van der Waals surface area contributed by atoms with E-state index in [4.69, 9.17) is 17.0 Å². The van der Waals surface area contributed by atoms with Crippen LogP contribution in [-0.4, -0.2) is 16.7 Å². The van der Waals surface area contributed by atoms with Crippen LogP contribution in [0.2, 0.25) is 0 Å². The van der Waals surface area contributed by atoms with Gasteiger partial charge < -0.3 is 6.16 Å². The molecule has 1 nitrogen and oxygen atoms in total. The molecule has 0 unspecified atom stereocenters. The maximum Gasteiger partial charge on any atom is 1.00 e. The van der Waals surface area contributed by atoms with E-state index < -0.39 is 0 Å². The van der Waals surface area contributed by atoms with E-state index >= 15 is 0 Å². The molecule has 0 rings (SSSR count). The number of ether oxygens (including phenoxy) is 1. The van der Waals surface area contributed by atoms with Gasteiger partial charge in [0.05, 0.1) is 6.61 Å². The third-order valence-electron chi connectivity index (χ3n) is 1.44. The molecule has 0 aliphatic heterocycles. The van der Waals surface area contributed by atoms with E-state index in [2.05, 4.69) is 13.8 Å². The molecule has 0 aliphatic carbocycles. The van der Waals surface area contributed by atoms with Crippen molar-refractivity contribution in [2.75, 3.05) is 12.4 Å². The first-order chi connectivity index (χ1) is 5.81. The molecular weight excluding hydrogens is 211 g/mol. The topological polar surface area (TPSA) is 9.23 Å². The van der Waals surface area contributed by atoms with Gasteiger partial charge in [0.15, 0.2) is 0 Å². The number of hydrogen-bond donors (Lipinski definition) is 0. The van der Waals surface area contributed by atoms with Crippen molar-refractivity contribution in [3.05, 3.63) is 0 Å². The Morgan fingerprint density at radius 1 is 1.31 bits per heavy atom. The van der Waals surface area contributed by atoms with Gasteiger partial charge in [0.25, 0.3) is 0 Å². The molecule has 0 spiro atoms. The Morgan fingerprint density at radius 3 is 2.46 bits per heavy atom. The second-order valence-corrected chi connectivity index (χ2v) is 4.35. The summed E-state index contributed by atoms with van der Waals surface area (Å²) in [6.07, 6.45) is 4.73. The van der Waals surface area contributed by atoms with E-state index in [9.17, 15) is 0 Å². The normalized spacial score (nSPS) is 9.08. The zero-order valence-corrected chi connectivity index (χ0v) is 12.6. The molecule has 0 aromatic carbocycles. The van der Waals surface area contributed by atoms with Gasteiger partial charge in [-0.05, 0) is 25.1 Å². The summed E-state index contributed by atoms with van der Waals surface area (Å²) in [6, 6.07) is 0. The summed E-state index contributed by atoms with van der Waals surface area (Å²) in [5.74, 6) is 1.10. The Bertz CT molecular complexity index is 113. The third kappa shape index (κ3) is 13.2. The second kappa shape index (κ2) is 13.2. The van der Waals surface area contributed by atoms with Gasteiger partial charge in [-0.3, -0.25) is 0 Å². The minimum Gasteiger partial charge on any atom is -1.00 e. The number of thiocarbonyl (C=S) groups is 1. The predicted molar refractivity (Wildman–Crippen MR) is 61.9 cm³/mol. The van der Waals surface area contributed by atoms with Crippen LogP contribution in [0.5, 0.6) is 0 Å². The number of rotatable bonds is 6. The molecule has 0 radical (unpaired) electrons. The number of thioether (sulfide) groups is 1. The molecule has 0 saturated heterocycles. The third-order valence-corrected chi connectivity index (χ3v) is 2.75. The summed E-state index contributed by atoms with van der Waals surface area (Å²) in [4.78, 5) is 0. The monoisotopic (exact) mass is 230 g/mol. The van der Waals surface area contributed by atoms with E-state index in [-0.39, 0.29) is 31.0 Å². The van der Waals surface area contributed by atoms with Gasteiger partial charge in [-0.15, -0.1) is 0 Å². The molecule has 0 saturated carbocycles. The van der Waals surface area contributed by atoms with Crippen LogP contribution in [0.15, 0.2) is 0 Å². The minimum absolute atomic E-state index is 0. The summed E-state index contributed by atoms with van der Waals surface area (Å²) >= 11 is 6.68. The predicted octanol–water partition coefficient (Wildman–Crippen LogP) is 0.738. The van der Waals surface area contributed by atoms with Gasteiger partial charge in [0.2, 0.25) is 4.38 Å². The molecule has 0 fully saturated rings. The number of hydrogen-bond acceptors (Lipinski definition) is 3. The van der Waals surface area contributed by atoms with Crippen LogP contribution in [-0.2, 0) is 4.74 Å². The van der Waals surface area contributed by atoms with Gasteiger partial charge in [-0.2, -0.15) is 0 Å². The van der Waals surface area contributed by atoms with Gasteiger partial charge >= 0.3 is 29.6 Å². The molecule has 0 N–H and O–H groups in total. The summed E-state index contributed by atoms with van der Waals surface area (Å²) in [6.45, 7) is 5.12. The van der Waals surface area contributed by atoms with Crippen molar-refractivity contribution < 1.29 is 35.7 Å². The smallest absolute Gasteiger partial charge is 1.00 e. The number of unbranched alkanes of at least 4 members (excludes halogenated alkanes) is 2. The van der Waals surface area contributed by atoms with Crippen molar-refractivity contribution >= 4 is 28.4 Å². The maximum atomic E-state index is 5.32. The average Bonchev–Trinajstić information content (AvgIpc) is 2.06. The van der Waals surface area contributed by atoms with E-state index in [1.807, 2.05) is 0 Å². The van der Waals surface area contributed by atoms with Crippen LogP contribution in [0.25, 0.3) is 0 Å². The quantitative estimate of drug-likeness (QED) is 0.378. The second-order valence-electron chi connectivity index (χ2n) is 2.65. The summed E-state index contributed by atoms with van der Waals surface area (Å²) in [5.41, 5.74) is 0. The molecule has 0 amide bonds. The Balaban J connectivity index is -0.000000605. The van der Waals surface area contributed by atoms with Crippen molar-refractivity contribution in [3.63, 3.8) is 0 Å². The first-order valence-electron chi connectivity index (χ1n) is 4.60. The molecule has 13 heavy (non-hydrogen) atoms. The zero-order valence-electron chi connectivity index (χ0n) is 9.97. The van der Waals surface area contributed by atoms with Crippen LogP contribution >= 0.6 is 24.0 Å². The Hall–Kier alpha value is 1.24. The molecule has 0 aromatic rings. The minimum atomic E-state index is 0. The molecule has 74 valence electrons. The van der Waals surface area contributed by atoms with Crippen LogP contribution in [0, 0.1) is 0 Å². The Kier molecular flexibility index (Phi) is 17.0. The van der Waals surface area contributed by atoms with E-state index in [0.29, 0.717) is 0 Å². The zero-order chi connectivity index (χ0) is 9.23. The fraction of sp³-hybridized carbons (Fsp3) is 0.889. The van der Waals surface area contributed by atoms with Crippen molar-refractivity contribution in [3.8, 4) is 0 Å². The van der Waals surface area contributed by atoms with E-state index in [1.54, 1.807) is 11.8 Å². The van der Waals surface area contributed by atoms with Crippen molar-refractivity contribution in [1.82, 2.24) is 0 Å². The summed E-state index contributed by atoms with van der Waals surface area (Å²) in [5, 5.41) is 0. The standard InChI is InChI=1S/C9H18OS2.Na.H/c1-3-5-7-10-9(11)12-8-6-4-2;;/h3-8H2,1-2H3;;/q;+1;-1. The van der Waals surface area contributed by atoms with Gasteiger partial charge in [-0.1, -0.05) is 38.5 Å². The molecule has 0 heterocycles. The molecule has 0 bridgehead atoms. The molecule has 4 heteroatoms. The van der Waals surface area contributed by atoms with Crippen LogP contribution in [0.1, 0.15) is 41.0 Å². The fourth-order valence-electron chi connectivity index (χ4n) is 0.641. The van der Waals surface area contributed by atoms with Gasteiger partial charge in [0, 0.05) is 5.75 Å². The van der Waals surface area contributed by atoms with Gasteiger partial charge in [-0.25, -0.2) is 0 Å². The molecule has 0 aliphatic rings. The summed E-state index contributed by atoms with van der Waals surface area (Å²) < 4.78 is 6.04. The van der Waals surface area contributed by atoms with Crippen LogP contribution < -0.4 is 29.6 Å². The summed E-state index contributed by atoms with van der Waals surface area (Å²) in [7, 11) is 0. The Morgan fingerprint density at radius 2 is 1.92 bits per heavy atom. The van der Waals surface area contributed by atoms with Gasteiger partial charge in [0.1, 0.15) is 0 Å². The fourth-order valence-corrected chi connectivity index (χ4v) is 1.74. The molecule has 0 aromatic heterocycles. The van der Waals surface area contributed by atoms with Crippen LogP contribution in [0.3, 0.4) is 0 Å². The first kappa shape index (κ1) is 16.7. The van der Waals surface area contributed by atoms with Crippen LogP contribution in [0.4, 0.5) is 0 Å². The Labute approximate surface area is 115 Å². The maximum absolute atomic E-state index is 5.32. The van der Waals surface area contributed by atoms with Crippen molar-refractivity contribution in [2.24, 2.45) is 0 Å². The van der Waals surface area contributed by atoms with Crippen molar-refractivity contribution in [2.45, 2.75) is 39.5 Å². The first-order valence-corrected chi connectivity index (χ1v) is 6.00. The SMILES string of the molecule is CCCCOC(=S)SCCCC.[H-].[Na+]. The largest absolute Gasteiger partial charge is 1.00 e. The average molecular weight is 230 g/mol. The van der Waals surface area contributed by atoms with E-state index in [1.165, 1.54) is 19.3 Å².